The van der Waals surface area contributed by atoms with Crippen molar-refractivity contribution in [1.29, 1.82) is 0 Å². The van der Waals surface area contributed by atoms with Crippen LogP contribution in [-0.2, 0) is 6.42 Å². The lowest BCUT2D eigenvalue weighted by molar-refractivity contribution is 0.260. The van der Waals surface area contributed by atoms with Crippen LogP contribution in [0.3, 0.4) is 0 Å². The number of carbonyl (C=O) groups is 1. The lowest BCUT2D eigenvalue weighted by Crippen LogP contribution is -2.20. The molecule has 0 aliphatic carbocycles. The summed E-state index contributed by atoms with van der Waals surface area (Å²) >= 11 is 1.42. The third-order valence-corrected chi connectivity index (χ3v) is 5.42. The van der Waals surface area contributed by atoms with Crippen molar-refractivity contribution >= 4 is 39.2 Å². The summed E-state index contributed by atoms with van der Waals surface area (Å²) in [6.07, 6.45) is 2.39. The Bertz CT molecular complexity index is 1160. The minimum atomic E-state index is -0.358. The van der Waals surface area contributed by atoms with Gasteiger partial charge in [-0.2, -0.15) is 0 Å². The van der Waals surface area contributed by atoms with E-state index in [1.807, 2.05) is 49.4 Å². The number of hydrogen-bond acceptors (Lipinski definition) is 5. The number of aromatic amines is 1. The number of para-hydroxylation sites is 2. The smallest absolute Gasteiger partial charge is 0.325 e. The zero-order chi connectivity index (χ0) is 21.8. The predicted octanol–water partition coefficient (Wildman–Crippen LogP) is 5.60. The van der Waals surface area contributed by atoms with Crippen LogP contribution in [0.2, 0.25) is 0 Å². The molecule has 160 valence electrons. The van der Waals surface area contributed by atoms with Gasteiger partial charge in [-0.25, -0.2) is 14.8 Å². The van der Waals surface area contributed by atoms with Crippen molar-refractivity contribution in [2.45, 2.75) is 27.2 Å². The van der Waals surface area contributed by atoms with Gasteiger partial charge in [0.05, 0.1) is 23.3 Å². The number of nitrogens with one attached hydrogen (secondary N) is 3. The van der Waals surface area contributed by atoms with Crippen LogP contribution in [-0.4, -0.2) is 27.6 Å². The maximum Gasteiger partial charge on any atom is 0.325 e. The monoisotopic (exact) mass is 435 g/mol. The van der Waals surface area contributed by atoms with Crippen molar-refractivity contribution in [3.63, 3.8) is 0 Å². The van der Waals surface area contributed by atoms with Gasteiger partial charge >= 0.3 is 6.03 Å². The third kappa shape index (κ3) is 5.40. The Kier molecular flexibility index (Phi) is 6.18. The largest absolute Gasteiger partial charge is 0.491 e. The second-order valence-electron chi connectivity index (χ2n) is 7.79. The molecule has 2 aromatic heterocycles. The van der Waals surface area contributed by atoms with E-state index in [2.05, 4.69) is 39.4 Å². The van der Waals surface area contributed by atoms with Gasteiger partial charge in [-0.3, -0.25) is 5.32 Å². The minimum absolute atomic E-state index is 0.358. The van der Waals surface area contributed by atoms with Crippen molar-refractivity contribution in [1.82, 2.24) is 15.0 Å². The molecule has 8 heteroatoms. The van der Waals surface area contributed by atoms with Crippen LogP contribution in [0.25, 0.3) is 11.0 Å². The predicted molar refractivity (Wildman–Crippen MR) is 125 cm³/mol. The first-order valence-corrected chi connectivity index (χ1v) is 11.0. The van der Waals surface area contributed by atoms with E-state index >= 15 is 0 Å². The number of carbonyl (C=O) groups excluding carboxylic acids is 1. The molecule has 31 heavy (non-hydrogen) atoms. The van der Waals surface area contributed by atoms with E-state index in [0.29, 0.717) is 35.5 Å². The number of aryl methyl sites for hydroxylation is 1. The molecule has 0 atom stereocenters. The number of thiazole rings is 1. The fourth-order valence-corrected chi connectivity index (χ4v) is 3.87. The van der Waals surface area contributed by atoms with Gasteiger partial charge < -0.3 is 15.0 Å². The van der Waals surface area contributed by atoms with E-state index < -0.39 is 0 Å². The maximum absolute atomic E-state index is 12.5. The molecule has 2 amide bonds. The highest BCUT2D eigenvalue weighted by molar-refractivity contribution is 7.15. The molecule has 0 aliphatic heterocycles. The van der Waals surface area contributed by atoms with Crippen molar-refractivity contribution in [3.05, 3.63) is 64.9 Å². The van der Waals surface area contributed by atoms with Gasteiger partial charge in [-0.1, -0.05) is 32.0 Å². The zero-order valence-corrected chi connectivity index (χ0v) is 18.5. The highest BCUT2D eigenvalue weighted by atomic mass is 32.1. The zero-order valence-electron chi connectivity index (χ0n) is 17.7. The first-order chi connectivity index (χ1) is 15.0. The fourth-order valence-electron chi connectivity index (χ4n) is 3.06. The standard InChI is InChI=1S/C23H25N5O2S/c1-14(2)13-30-20-10-15(3)8-9-19(20)27-22(29)28-23-24-12-16(31-23)11-21-25-17-6-4-5-7-18(17)26-21/h4-10,12,14H,11,13H2,1-3H3,(H,25,26)(H2,24,27,28,29). The molecule has 2 heterocycles. The Hall–Kier alpha value is -3.39. The topological polar surface area (TPSA) is 91.9 Å². The normalized spacial score (nSPS) is 11.1. The third-order valence-electron chi connectivity index (χ3n) is 4.51. The summed E-state index contributed by atoms with van der Waals surface area (Å²) in [6, 6.07) is 13.3. The van der Waals surface area contributed by atoms with Crippen LogP contribution < -0.4 is 15.4 Å². The summed E-state index contributed by atoms with van der Waals surface area (Å²) in [5.41, 5.74) is 3.64. The first kappa shape index (κ1) is 20.9. The van der Waals surface area contributed by atoms with Gasteiger partial charge in [0.1, 0.15) is 11.6 Å². The molecule has 0 spiro atoms. The van der Waals surface area contributed by atoms with Crippen LogP contribution in [0.4, 0.5) is 15.6 Å². The molecule has 0 saturated heterocycles. The molecule has 3 N–H and O–H groups in total. The second kappa shape index (κ2) is 9.18. The van der Waals surface area contributed by atoms with Crippen LogP contribution >= 0.6 is 11.3 Å². The summed E-state index contributed by atoms with van der Waals surface area (Å²) in [5.74, 6) is 1.92. The molecule has 4 aromatic rings. The molecule has 0 fully saturated rings. The number of nitrogens with zero attached hydrogens (tertiary/aromatic N) is 2. The van der Waals surface area contributed by atoms with Crippen LogP contribution in [0.15, 0.2) is 48.7 Å². The average molecular weight is 436 g/mol. The number of H-pyrrole nitrogens is 1. The molecule has 2 aromatic carbocycles. The summed E-state index contributed by atoms with van der Waals surface area (Å²) < 4.78 is 5.86. The maximum atomic E-state index is 12.5. The van der Waals surface area contributed by atoms with Gasteiger partial charge in [0.15, 0.2) is 5.13 Å². The van der Waals surface area contributed by atoms with Gasteiger partial charge in [-0.05, 0) is 42.7 Å². The Balaban J connectivity index is 1.39. The number of rotatable bonds is 7. The highest BCUT2D eigenvalue weighted by Gasteiger charge is 2.12. The number of hydrogen-bond donors (Lipinski definition) is 3. The molecule has 7 nitrogen and oxygen atoms in total. The van der Waals surface area contributed by atoms with Gasteiger partial charge in [-0.15, -0.1) is 11.3 Å². The lowest BCUT2D eigenvalue weighted by atomic mass is 10.2. The molecular formula is C23H25N5O2S. The number of anilines is 2. The summed E-state index contributed by atoms with van der Waals surface area (Å²) in [6.45, 7) is 6.74. The Labute approximate surface area is 184 Å². The number of ether oxygens (including phenoxy) is 1. The summed E-state index contributed by atoms with van der Waals surface area (Å²) in [5, 5.41) is 6.19. The van der Waals surface area contributed by atoms with E-state index in [0.717, 1.165) is 27.3 Å². The Morgan fingerprint density at radius 3 is 2.84 bits per heavy atom. The van der Waals surface area contributed by atoms with E-state index in [9.17, 15) is 4.79 Å². The minimum Gasteiger partial charge on any atom is -0.491 e. The van der Waals surface area contributed by atoms with Crippen LogP contribution in [0.1, 0.15) is 30.1 Å². The van der Waals surface area contributed by atoms with E-state index in [4.69, 9.17) is 4.74 Å². The van der Waals surface area contributed by atoms with Crippen molar-refractivity contribution in [3.8, 4) is 5.75 Å². The van der Waals surface area contributed by atoms with Crippen LogP contribution in [0.5, 0.6) is 5.75 Å². The highest BCUT2D eigenvalue weighted by Crippen LogP contribution is 2.27. The number of aromatic nitrogens is 3. The second-order valence-corrected chi connectivity index (χ2v) is 8.91. The number of imidazole rings is 1. The van der Waals surface area contributed by atoms with Gasteiger partial charge in [0, 0.05) is 17.5 Å². The molecule has 0 aliphatic rings. The molecular weight excluding hydrogens is 410 g/mol. The average Bonchev–Trinajstić information content (AvgIpc) is 3.34. The number of benzene rings is 2. The molecule has 0 bridgehead atoms. The number of fused-ring (bicyclic) bond motifs is 1. The van der Waals surface area contributed by atoms with Crippen molar-refractivity contribution in [2.24, 2.45) is 5.92 Å². The molecule has 4 rings (SSSR count). The van der Waals surface area contributed by atoms with E-state index in [1.54, 1.807) is 6.20 Å². The fraction of sp³-hybridized carbons (Fsp3) is 0.261. The molecule has 0 unspecified atom stereocenters. The van der Waals surface area contributed by atoms with Crippen molar-refractivity contribution < 1.29 is 9.53 Å². The quantitative estimate of drug-likeness (QED) is 0.352. The van der Waals surface area contributed by atoms with Gasteiger partial charge in [0.25, 0.3) is 0 Å². The first-order valence-electron chi connectivity index (χ1n) is 10.2. The van der Waals surface area contributed by atoms with Gasteiger partial charge in [0.2, 0.25) is 0 Å². The van der Waals surface area contributed by atoms with Crippen molar-refractivity contribution in [2.75, 3.05) is 17.2 Å². The summed E-state index contributed by atoms with van der Waals surface area (Å²) in [7, 11) is 0. The molecule has 0 radical (unpaired) electrons. The Morgan fingerprint density at radius 1 is 1.19 bits per heavy atom. The van der Waals surface area contributed by atoms with E-state index in [-0.39, 0.29) is 6.03 Å². The SMILES string of the molecule is Cc1ccc(NC(=O)Nc2ncc(Cc3nc4ccccc4[nH]3)s2)c(OCC(C)C)c1. The summed E-state index contributed by atoms with van der Waals surface area (Å²) in [4.78, 5) is 25.7. The number of urea groups is 1. The van der Waals surface area contributed by atoms with E-state index in [1.165, 1.54) is 11.3 Å². The lowest BCUT2D eigenvalue weighted by Gasteiger charge is -2.14. The Morgan fingerprint density at radius 2 is 2.03 bits per heavy atom. The number of amides is 2. The van der Waals surface area contributed by atoms with Crippen LogP contribution in [0, 0.1) is 12.8 Å². The molecule has 0 saturated carbocycles.